The van der Waals surface area contributed by atoms with Crippen LogP contribution >= 0.6 is 0 Å². The summed E-state index contributed by atoms with van der Waals surface area (Å²) >= 11 is 0. The summed E-state index contributed by atoms with van der Waals surface area (Å²) in [6.45, 7) is 5.76. The van der Waals surface area contributed by atoms with Gasteiger partial charge in [-0.25, -0.2) is 9.97 Å². The number of nitrogens with zero attached hydrogens (tertiary/aromatic N) is 3. The van der Waals surface area contributed by atoms with Gasteiger partial charge in [0.1, 0.15) is 11.6 Å². The molecule has 22 heavy (non-hydrogen) atoms. The summed E-state index contributed by atoms with van der Waals surface area (Å²) in [5.74, 6) is 1.72. The highest BCUT2D eigenvalue weighted by atomic mass is 16.5. The number of piperazine rings is 1. The normalized spacial score (nSPS) is 19.1. The number of methoxy groups -OCH3 is 1. The largest absolute Gasteiger partial charge is 0.497 e. The molecular weight excluding hydrogens is 276 g/mol. The molecule has 1 N–H and O–H groups in total. The maximum Gasteiger partial charge on any atom is 0.125 e. The summed E-state index contributed by atoms with van der Waals surface area (Å²) in [6, 6.07) is 10.7. The lowest BCUT2D eigenvalue weighted by Gasteiger charge is -2.36. The number of nitrogens with one attached hydrogen (secondary N) is 1. The molecular formula is C17H22N4O. The van der Waals surface area contributed by atoms with Gasteiger partial charge in [-0.3, -0.25) is 4.90 Å². The lowest BCUT2D eigenvalue weighted by Crippen LogP contribution is -2.45. The molecule has 5 nitrogen and oxygen atoms in total. The predicted molar refractivity (Wildman–Crippen MR) is 85.8 cm³/mol. The molecule has 2 aromatic rings. The lowest BCUT2D eigenvalue weighted by atomic mass is 10.0. The van der Waals surface area contributed by atoms with Crippen molar-refractivity contribution in [1.82, 2.24) is 20.2 Å². The molecule has 3 rings (SSSR count). The Morgan fingerprint density at radius 3 is 2.82 bits per heavy atom. The zero-order valence-corrected chi connectivity index (χ0v) is 13.1. The SMILES string of the molecule is COc1ccc(C2CNCCN2Cc2ccnc(C)n2)cc1. The maximum atomic E-state index is 5.25. The molecule has 0 saturated carbocycles. The molecule has 2 heterocycles. The van der Waals surface area contributed by atoms with E-state index in [1.165, 1.54) is 5.56 Å². The number of hydrogen-bond acceptors (Lipinski definition) is 5. The lowest BCUT2D eigenvalue weighted by molar-refractivity contribution is 0.151. The van der Waals surface area contributed by atoms with Gasteiger partial charge in [0.2, 0.25) is 0 Å². The van der Waals surface area contributed by atoms with Crippen molar-refractivity contribution in [3.05, 3.63) is 53.6 Å². The van der Waals surface area contributed by atoms with Gasteiger partial charge in [0.15, 0.2) is 0 Å². The highest BCUT2D eigenvalue weighted by Gasteiger charge is 2.24. The Labute approximate surface area is 131 Å². The van der Waals surface area contributed by atoms with Crippen LogP contribution in [0.4, 0.5) is 0 Å². The minimum atomic E-state index is 0.356. The monoisotopic (exact) mass is 298 g/mol. The van der Waals surface area contributed by atoms with E-state index in [1.54, 1.807) is 7.11 Å². The second-order valence-corrected chi connectivity index (χ2v) is 5.56. The Bertz CT molecular complexity index is 614. The second-order valence-electron chi connectivity index (χ2n) is 5.56. The van der Waals surface area contributed by atoms with Crippen LogP contribution in [0.25, 0.3) is 0 Å². The van der Waals surface area contributed by atoms with Crippen LogP contribution in [-0.2, 0) is 6.54 Å². The van der Waals surface area contributed by atoms with Gasteiger partial charge in [-0.1, -0.05) is 12.1 Å². The Kier molecular flexibility index (Phi) is 4.65. The molecule has 1 aliphatic heterocycles. The van der Waals surface area contributed by atoms with Gasteiger partial charge in [0.05, 0.1) is 12.8 Å². The summed E-state index contributed by atoms with van der Waals surface area (Å²) in [6.07, 6.45) is 1.84. The number of rotatable bonds is 4. The van der Waals surface area contributed by atoms with Crippen LogP contribution in [0, 0.1) is 6.92 Å². The average Bonchev–Trinajstić information content (AvgIpc) is 2.56. The van der Waals surface area contributed by atoms with Gasteiger partial charge in [0.25, 0.3) is 0 Å². The van der Waals surface area contributed by atoms with Gasteiger partial charge in [-0.15, -0.1) is 0 Å². The van der Waals surface area contributed by atoms with Gasteiger partial charge in [-0.05, 0) is 30.7 Å². The standard InChI is InChI=1S/C17H22N4O/c1-13-19-8-7-15(20-13)12-21-10-9-18-11-17(21)14-3-5-16(22-2)6-4-14/h3-8,17-18H,9-12H2,1-2H3. The van der Waals surface area contributed by atoms with Gasteiger partial charge < -0.3 is 10.1 Å². The molecule has 0 amide bonds. The summed E-state index contributed by atoms with van der Waals surface area (Å²) in [5, 5.41) is 3.48. The van der Waals surface area contributed by atoms with Crippen molar-refractivity contribution in [3.8, 4) is 5.75 Å². The maximum absolute atomic E-state index is 5.25. The fraction of sp³-hybridized carbons (Fsp3) is 0.412. The number of benzene rings is 1. The smallest absolute Gasteiger partial charge is 0.125 e. The van der Waals surface area contributed by atoms with Crippen LogP contribution in [0.2, 0.25) is 0 Å². The Morgan fingerprint density at radius 1 is 1.27 bits per heavy atom. The number of aryl methyl sites for hydroxylation is 1. The van der Waals surface area contributed by atoms with Gasteiger partial charge in [-0.2, -0.15) is 0 Å². The van der Waals surface area contributed by atoms with E-state index in [0.717, 1.165) is 43.4 Å². The van der Waals surface area contributed by atoms with E-state index >= 15 is 0 Å². The molecule has 0 aliphatic carbocycles. The summed E-state index contributed by atoms with van der Waals surface area (Å²) in [4.78, 5) is 11.2. The fourth-order valence-electron chi connectivity index (χ4n) is 2.89. The minimum absolute atomic E-state index is 0.356. The first-order chi connectivity index (χ1) is 10.8. The number of ether oxygens (including phenoxy) is 1. The van der Waals surface area contributed by atoms with Crippen LogP contribution < -0.4 is 10.1 Å². The van der Waals surface area contributed by atoms with E-state index in [4.69, 9.17) is 4.74 Å². The number of aromatic nitrogens is 2. The molecule has 1 aromatic carbocycles. The molecule has 1 saturated heterocycles. The zero-order valence-electron chi connectivity index (χ0n) is 13.1. The summed E-state index contributed by atoms with van der Waals surface area (Å²) in [5.41, 5.74) is 2.38. The van der Waals surface area contributed by atoms with E-state index in [0.29, 0.717) is 6.04 Å². The van der Waals surface area contributed by atoms with Crippen molar-refractivity contribution >= 4 is 0 Å². The highest BCUT2D eigenvalue weighted by Crippen LogP contribution is 2.25. The quantitative estimate of drug-likeness (QED) is 0.935. The number of hydrogen-bond donors (Lipinski definition) is 1. The van der Waals surface area contributed by atoms with E-state index in [1.807, 2.05) is 31.3 Å². The summed E-state index contributed by atoms with van der Waals surface area (Å²) in [7, 11) is 1.70. The molecule has 0 spiro atoms. The molecule has 1 fully saturated rings. The van der Waals surface area contributed by atoms with Crippen LogP contribution in [0.5, 0.6) is 5.75 Å². The fourth-order valence-corrected chi connectivity index (χ4v) is 2.89. The molecule has 1 aromatic heterocycles. The first-order valence-electron chi connectivity index (χ1n) is 7.63. The molecule has 0 radical (unpaired) electrons. The second kappa shape index (κ2) is 6.85. The third-order valence-electron chi connectivity index (χ3n) is 4.05. The van der Waals surface area contributed by atoms with Crippen LogP contribution in [-0.4, -0.2) is 41.6 Å². The molecule has 5 heteroatoms. The third kappa shape index (κ3) is 3.43. The van der Waals surface area contributed by atoms with Crippen molar-refractivity contribution in [3.63, 3.8) is 0 Å². The Hall–Kier alpha value is -1.98. The molecule has 116 valence electrons. The highest BCUT2D eigenvalue weighted by molar-refractivity contribution is 5.29. The van der Waals surface area contributed by atoms with Crippen molar-refractivity contribution < 1.29 is 4.74 Å². The molecule has 0 bridgehead atoms. The van der Waals surface area contributed by atoms with E-state index < -0.39 is 0 Å². The Balaban J connectivity index is 1.78. The average molecular weight is 298 g/mol. The van der Waals surface area contributed by atoms with Crippen LogP contribution in [0.15, 0.2) is 36.5 Å². The van der Waals surface area contributed by atoms with E-state index in [9.17, 15) is 0 Å². The van der Waals surface area contributed by atoms with Crippen molar-refractivity contribution in [2.24, 2.45) is 0 Å². The van der Waals surface area contributed by atoms with Gasteiger partial charge in [0, 0.05) is 38.4 Å². The Morgan fingerprint density at radius 2 is 2.09 bits per heavy atom. The topological polar surface area (TPSA) is 50.3 Å². The minimum Gasteiger partial charge on any atom is -0.497 e. The van der Waals surface area contributed by atoms with Crippen LogP contribution in [0.1, 0.15) is 23.1 Å². The van der Waals surface area contributed by atoms with Gasteiger partial charge >= 0.3 is 0 Å². The molecule has 1 atom stereocenters. The first-order valence-corrected chi connectivity index (χ1v) is 7.63. The van der Waals surface area contributed by atoms with E-state index in [2.05, 4.69) is 32.3 Å². The third-order valence-corrected chi connectivity index (χ3v) is 4.05. The zero-order chi connectivity index (χ0) is 15.4. The van der Waals surface area contributed by atoms with Crippen molar-refractivity contribution in [1.29, 1.82) is 0 Å². The predicted octanol–water partition coefficient (Wildman–Crippen LogP) is 1.94. The molecule has 1 unspecified atom stereocenters. The van der Waals surface area contributed by atoms with Crippen molar-refractivity contribution in [2.75, 3.05) is 26.7 Å². The summed E-state index contributed by atoms with van der Waals surface area (Å²) < 4.78 is 5.25. The van der Waals surface area contributed by atoms with E-state index in [-0.39, 0.29) is 0 Å². The first kappa shape index (κ1) is 14.9. The molecule has 1 aliphatic rings. The van der Waals surface area contributed by atoms with Crippen LogP contribution in [0.3, 0.4) is 0 Å². The van der Waals surface area contributed by atoms with Crippen molar-refractivity contribution in [2.45, 2.75) is 19.5 Å².